The number of methoxy groups -OCH3 is 1. The number of alkyl halides is 3. The predicted octanol–water partition coefficient (Wildman–Crippen LogP) is 6.07. The van der Waals surface area contributed by atoms with Crippen LogP contribution in [0.3, 0.4) is 0 Å². The van der Waals surface area contributed by atoms with Gasteiger partial charge >= 0.3 is 12.3 Å². The molecule has 0 radical (unpaired) electrons. The van der Waals surface area contributed by atoms with Gasteiger partial charge in [-0.15, -0.1) is 19.8 Å². The van der Waals surface area contributed by atoms with E-state index in [2.05, 4.69) is 22.3 Å². The summed E-state index contributed by atoms with van der Waals surface area (Å²) in [4.78, 5) is 31.2. The molecular formula is C36H41F3N2O6. The van der Waals surface area contributed by atoms with E-state index in [9.17, 15) is 22.8 Å². The topological polar surface area (TPSA) is 77.5 Å². The van der Waals surface area contributed by atoms with Gasteiger partial charge in [0.15, 0.2) is 11.5 Å². The Morgan fingerprint density at radius 3 is 2.68 bits per heavy atom. The maximum Gasteiger partial charge on any atom is 0.573 e. The fourth-order valence-electron chi connectivity index (χ4n) is 8.75. The SMILES string of the molecule is C=CCN1CC[C@]23c4c5ccc(OC)c4O[C@H]2[C@@H](N(CC(C)C)C(=O)C=Cc2cccc(OC(F)(F)F)c2)CC[C@@]3(OC(C)=O)[C@H]1C5. The first-order valence-corrected chi connectivity index (χ1v) is 16.1. The summed E-state index contributed by atoms with van der Waals surface area (Å²) in [6.45, 7) is 11.3. The number of halogens is 3. The van der Waals surface area contributed by atoms with Crippen LogP contribution in [0.1, 0.15) is 56.7 Å². The van der Waals surface area contributed by atoms with Crippen LogP contribution in [0, 0.1) is 5.92 Å². The molecule has 1 amide bonds. The molecule has 1 saturated carbocycles. The van der Waals surface area contributed by atoms with Gasteiger partial charge in [0.1, 0.15) is 17.5 Å². The van der Waals surface area contributed by atoms with E-state index in [0.29, 0.717) is 55.8 Å². The minimum atomic E-state index is -4.82. The van der Waals surface area contributed by atoms with Gasteiger partial charge in [0.25, 0.3) is 0 Å². The van der Waals surface area contributed by atoms with Crippen LogP contribution in [0.2, 0.25) is 0 Å². The first-order chi connectivity index (χ1) is 22.3. The molecule has 8 nitrogen and oxygen atoms in total. The summed E-state index contributed by atoms with van der Waals surface area (Å²) in [6.07, 6.45) is 1.77. The lowest BCUT2D eigenvalue weighted by Crippen LogP contribution is -2.79. The zero-order valence-electron chi connectivity index (χ0n) is 27.1. The van der Waals surface area contributed by atoms with Gasteiger partial charge in [0, 0.05) is 38.2 Å². The molecule has 1 saturated heterocycles. The maximum atomic E-state index is 14.1. The molecule has 2 bridgehead atoms. The molecule has 0 aromatic heterocycles. The van der Waals surface area contributed by atoms with E-state index < -0.39 is 23.5 Å². The highest BCUT2D eigenvalue weighted by Crippen LogP contribution is 2.67. The molecule has 2 fully saturated rings. The molecule has 4 aliphatic rings. The van der Waals surface area contributed by atoms with Crippen molar-refractivity contribution in [3.63, 3.8) is 0 Å². The number of carbonyl (C=O) groups excluding carboxylic acids is 2. The second kappa shape index (κ2) is 12.2. The number of esters is 1. The predicted molar refractivity (Wildman–Crippen MR) is 169 cm³/mol. The van der Waals surface area contributed by atoms with Crippen molar-refractivity contribution in [1.82, 2.24) is 9.80 Å². The van der Waals surface area contributed by atoms with Crippen molar-refractivity contribution in [2.45, 2.75) is 82.0 Å². The van der Waals surface area contributed by atoms with Crippen LogP contribution in [0.15, 0.2) is 55.1 Å². The number of likely N-dealkylation sites (tertiary alicyclic amines) is 1. The van der Waals surface area contributed by atoms with Crippen molar-refractivity contribution in [3.8, 4) is 17.2 Å². The summed E-state index contributed by atoms with van der Waals surface area (Å²) < 4.78 is 61.8. The molecule has 2 aliphatic heterocycles. The van der Waals surface area contributed by atoms with Gasteiger partial charge in [-0.25, -0.2) is 0 Å². The van der Waals surface area contributed by atoms with Gasteiger partial charge in [-0.2, -0.15) is 0 Å². The standard InChI is InChI=1S/C36H41F3N2O6/c1-6-17-40-18-16-34-31-25-11-12-28(44-5)32(31)45-33(34)27(14-15-35(34,29(40)20-25)46-23(4)42)41(21-22(2)3)30(43)13-10-24-8-7-9-26(19-24)47-36(37,38)39/h6-13,19,22,27,29,33H,1,14-18,20-21H2,2-5H3/t27-,29+,33-,34-,35+/m0/s1. The highest BCUT2D eigenvalue weighted by molar-refractivity contribution is 5.92. The van der Waals surface area contributed by atoms with E-state index in [-0.39, 0.29) is 35.6 Å². The van der Waals surface area contributed by atoms with Crippen LogP contribution in [0.4, 0.5) is 13.2 Å². The number of rotatable bonds is 10. The fourth-order valence-corrected chi connectivity index (χ4v) is 8.75. The molecule has 6 rings (SSSR count). The van der Waals surface area contributed by atoms with E-state index in [1.807, 2.05) is 30.9 Å². The molecule has 1 spiro atoms. The van der Waals surface area contributed by atoms with E-state index in [4.69, 9.17) is 14.2 Å². The number of amides is 1. The lowest BCUT2D eigenvalue weighted by Gasteiger charge is -2.65. The fraction of sp³-hybridized carbons (Fsp3) is 0.500. The van der Waals surface area contributed by atoms with E-state index in [0.717, 1.165) is 17.7 Å². The molecule has 252 valence electrons. The number of ether oxygens (including phenoxy) is 4. The Hall–Kier alpha value is -3.99. The molecule has 2 aliphatic carbocycles. The zero-order valence-corrected chi connectivity index (χ0v) is 27.1. The average Bonchev–Trinajstić information content (AvgIpc) is 3.35. The van der Waals surface area contributed by atoms with Crippen LogP contribution < -0.4 is 14.2 Å². The number of nitrogens with zero attached hydrogens (tertiary/aromatic N) is 2. The summed E-state index contributed by atoms with van der Waals surface area (Å²) in [6, 6.07) is 9.00. The lowest BCUT2D eigenvalue weighted by atomic mass is 9.48. The first-order valence-electron chi connectivity index (χ1n) is 16.1. The molecular weight excluding hydrogens is 613 g/mol. The third kappa shape index (κ3) is 5.56. The van der Waals surface area contributed by atoms with Crippen LogP contribution >= 0.6 is 0 Å². The number of hydrogen-bond donors (Lipinski definition) is 0. The van der Waals surface area contributed by atoms with Crippen molar-refractivity contribution in [2.24, 2.45) is 5.92 Å². The van der Waals surface area contributed by atoms with Gasteiger partial charge in [0.2, 0.25) is 5.91 Å². The quantitative estimate of drug-likeness (QED) is 0.175. The maximum absolute atomic E-state index is 14.1. The third-order valence-electron chi connectivity index (χ3n) is 10.2. The number of piperidine rings is 1. The molecule has 5 atom stereocenters. The van der Waals surface area contributed by atoms with Crippen molar-refractivity contribution in [3.05, 3.63) is 71.8 Å². The molecule has 2 aromatic carbocycles. The van der Waals surface area contributed by atoms with E-state index in [1.54, 1.807) is 13.2 Å². The normalized spacial score (nSPS) is 27.6. The molecule has 0 unspecified atom stereocenters. The summed E-state index contributed by atoms with van der Waals surface area (Å²) in [5.41, 5.74) is 0.894. The zero-order chi connectivity index (χ0) is 33.7. The summed E-state index contributed by atoms with van der Waals surface area (Å²) >= 11 is 0. The van der Waals surface area contributed by atoms with Gasteiger partial charge in [0.05, 0.1) is 24.6 Å². The largest absolute Gasteiger partial charge is 0.573 e. The molecule has 2 heterocycles. The number of benzene rings is 2. The highest BCUT2D eigenvalue weighted by Gasteiger charge is 2.75. The van der Waals surface area contributed by atoms with E-state index >= 15 is 0 Å². The summed E-state index contributed by atoms with van der Waals surface area (Å²) in [7, 11) is 1.60. The Morgan fingerprint density at radius 2 is 2.00 bits per heavy atom. The van der Waals surface area contributed by atoms with Crippen molar-refractivity contribution in [2.75, 3.05) is 26.7 Å². The molecule has 0 N–H and O–H groups in total. The Labute approximate surface area is 273 Å². The molecule has 47 heavy (non-hydrogen) atoms. The van der Waals surface area contributed by atoms with Gasteiger partial charge in [-0.05, 0) is 67.0 Å². The van der Waals surface area contributed by atoms with E-state index in [1.165, 1.54) is 37.3 Å². The van der Waals surface area contributed by atoms with Crippen molar-refractivity contribution >= 4 is 18.0 Å². The first kappa shape index (κ1) is 32.9. The van der Waals surface area contributed by atoms with Crippen LogP contribution in [0.25, 0.3) is 6.08 Å². The van der Waals surface area contributed by atoms with Gasteiger partial charge < -0.3 is 23.8 Å². The third-order valence-corrected chi connectivity index (χ3v) is 10.2. The molecule has 11 heteroatoms. The summed E-state index contributed by atoms with van der Waals surface area (Å²) in [5, 5.41) is 0. The Bertz CT molecular complexity index is 1590. The summed E-state index contributed by atoms with van der Waals surface area (Å²) in [5.74, 6) is 0.333. The van der Waals surface area contributed by atoms with Gasteiger partial charge in [-0.1, -0.05) is 38.1 Å². The lowest BCUT2D eigenvalue weighted by molar-refractivity contribution is -0.274. The van der Waals surface area contributed by atoms with Crippen LogP contribution in [-0.4, -0.2) is 78.6 Å². The number of hydrogen-bond acceptors (Lipinski definition) is 7. The second-order valence-electron chi connectivity index (χ2n) is 13.3. The highest BCUT2D eigenvalue weighted by atomic mass is 19.4. The van der Waals surface area contributed by atoms with Gasteiger partial charge in [-0.3, -0.25) is 14.5 Å². The van der Waals surface area contributed by atoms with Crippen LogP contribution in [-0.2, 0) is 26.2 Å². The molecule has 2 aromatic rings. The smallest absolute Gasteiger partial charge is 0.493 e. The van der Waals surface area contributed by atoms with Crippen LogP contribution in [0.5, 0.6) is 17.2 Å². The number of carbonyl (C=O) groups is 2. The second-order valence-corrected chi connectivity index (χ2v) is 13.3. The Kier molecular flexibility index (Phi) is 8.57. The average molecular weight is 655 g/mol. The minimum absolute atomic E-state index is 0.107. The Morgan fingerprint density at radius 1 is 1.21 bits per heavy atom. The van der Waals surface area contributed by atoms with Crippen molar-refractivity contribution < 1.29 is 41.7 Å². The minimum Gasteiger partial charge on any atom is -0.493 e. The van der Waals surface area contributed by atoms with Crippen molar-refractivity contribution in [1.29, 1.82) is 0 Å². The monoisotopic (exact) mass is 654 g/mol. The Balaban J connectivity index is 1.42.